The molecule has 0 saturated carbocycles. The second-order valence-corrected chi connectivity index (χ2v) is 8.50. The van der Waals surface area contributed by atoms with Gasteiger partial charge in [0.1, 0.15) is 0 Å². The summed E-state index contributed by atoms with van der Waals surface area (Å²) in [6.45, 7) is 3.80. The SMILES string of the molecule is Cc1ccc(N2CCCN(Cc3ccc(Cl)cc3)C2=O)c(NC(=O)Cc2ccccc2)c1. The molecule has 1 N–H and O–H groups in total. The molecule has 0 radical (unpaired) electrons. The zero-order chi connectivity index (χ0) is 22.5. The minimum atomic E-state index is -0.106. The highest BCUT2D eigenvalue weighted by molar-refractivity contribution is 6.30. The Bertz CT molecular complexity index is 1100. The average Bonchev–Trinajstić information content (AvgIpc) is 2.78. The van der Waals surface area contributed by atoms with Gasteiger partial charge in [-0.25, -0.2) is 4.79 Å². The third-order valence-electron chi connectivity index (χ3n) is 5.52. The molecule has 0 atom stereocenters. The smallest absolute Gasteiger partial charge is 0.324 e. The molecule has 0 aliphatic carbocycles. The van der Waals surface area contributed by atoms with Crippen LogP contribution in [0.25, 0.3) is 0 Å². The van der Waals surface area contributed by atoms with Crippen molar-refractivity contribution in [1.29, 1.82) is 0 Å². The number of nitrogens with one attached hydrogen (secondary N) is 1. The van der Waals surface area contributed by atoms with E-state index >= 15 is 0 Å². The van der Waals surface area contributed by atoms with E-state index in [9.17, 15) is 9.59 Å². The monoisotopic (exact) mass is 447 g/mol. The van der Waals surface area contributed by atoms with E-state index in [1.807, 2.05) is 84.6 Å². The van der Waals surface area contributed by atoms with Gasteiger partial charge in [-0.2, -0.15) is 0 Å². The molecule has 0 aromatic heterocycles. The van der Waals surface area contributed by atoms with E-state index in [1.165, 1.54) is 0 Å². The van der Waals surface area contributed by atoms with Crippen LogP contribution < -0.4 is 10.2 Å². The summed E-state index contributed by atoms with van der Waals surface area (Å²) in [6.07, 6.45) is 1.13. The van der Waals surface area contributed by atoms with Crippen LogP contribution in [-0.4, -0.2) is 29.9 Å². The molecule has 0 bridgehead atoms. The van der Waals surface area contributed by atoms with Crippen molar-refractivity contribution >= 4 is 34.9 Å². The van der Waals surface area contributed by atoms with Crippen molar-refractivity contribution in [3.8, 4) is 0 Å². The molecule has 4 rings (SSSR count). The molecule has 3 aromatic carbocycles. The summed E-state index contributed by atoms with van der Waals surface area (Å²) < 4.78 is 0. The summed E-state index contributed by atoms with van der Waals surface area (Å²) >= 11 is 5.99. The number of anilines is 2. The summed E-state index contributed by atoms with van der Waals surface area (Å²) in [5.74, 6) is -0.106. The van der Waals surface area contributed by atoms with Crippen LogP contribution in [0.1, 0.15) is 23.1 Å². The number of nitrogens with zero attached hydrogens (tertiary/aromatic N) is 2. The number of hydrogen-bond acceptors (Lipinski definition) is 2. The Balaban J connectivity index is 1.52. The number of rotatable bonds is 6. The highest BCUT2D eigenvalue weighted by atomic mass is 35.5. The number of aryl methyl sites for hydroxylation is 1. The van der Waals surface area contributed by atoms with Crippen LogP contribution in [0.5, 0.6) is 0 Å². The van der Waals surface area contributed by atoms with Gasteiger partial charge in [0.2, 0.25) is 5.91 Å². The predicted molar refractivity (Wildman–Crippen MR) is 129 cm³/mol. The van der Waals surface area contributed by atoms with Gasteiger partial charge in [-0.3, -0.25) is 9.69 Å². The van der Waals surface area contributed by atoms with Crippen LogP contribution in [-0.2, 0) is 17.8 Å². The number of urea groups is 1. The summed E-state index contributed by atoms with van der Waals surface area (Å²) in [5, 5.41) is 3.70. The van der Waals surface area contributed by atoms with E-state index in [4.69, 9.17) is 11.6 Å². The maximum atomic E-state index is 13.3. The molecule has 1 aliphatic heterocycles. The molecule has 1 heterocycles. The van der Waals surface area contributed by atoms with Gasteiger partial charge >= 0.3 is 6.03 Å². The van der Waals surface area contributed by atoms with Crippen molar-refractivity contribution in [3.05, 3.63) is 94.5 Å². The Morgan fingerprint density at radius 3 is 2.47 bits per heavy atom. The first-order valence-electron chi connectivity index (χ1n) is 10.7. The number of amides is 3. The van der Waals surface area contributed by atoms with Gasteiger partial charge in [0.15, 0.2) is 0 Å². The Labute approximate surface area is 193 Å². The van der Waals surface area contributed by atoms with Gasteiger partial charge in [0.05, 0.1) is 17.8 Å². The van der Waals surface area contributed by atoms with Crippen molar-refractivity contribution in [2.45, 2.75) is 26.3 Å². The molecule has 1 aliphatic rings. The fraction of sp³-hybridized carbons (Fsp3) is 0.231. The van der Waals surface area contributed by atoms with Crippen LogP contribution >= 0.6 is 11.6 Å². The van der Waals surface area contributed by atoms with E-state index in [0.717, 1.165) is 28.8 Å². The molecule has 3 aromatic rings. The number of hydrogen-bond donors (Lipinski definition) is 1. The first kappa shape index (κ1) is 21.9. The van der Waals surface area contributed by atoms with Crippen LogP contribution in [0.4, 0.5) is 16.2 Å². The number of carbonyl (C=O) groups excluding carboxylic acids is 2. The number of halogens is 1. The molecule has 6 heteroatoms. The Morgan fingerprint density at radius 2 is 1.72 bits per heavy atom. The largest absolute Gasteiger partial charge is 0.324 e. The van der Waals surface area contributed by atoms with Crippen LogP contribution in [0.3, 0.4) is 0 Å². The second-order valence-electron chi connectivity index (χ2n) is 8.07. The third kappa shape index (κ3) is 5.29. The highest BCUT2D eigenvalue weighted by Crippen LogP contribution is 2.30. The zero-order valence-electron chi connectivity index (χ0n) is 18.1. The second kappa shape index (κ2) is 9.88. The summed E-state index contributed by atoms with van der Waals surface area (Å²) in [4.78, 5) is 29.6. The number of benzene rings is 3. The molecular weight excluding hydrogens is 422 g/mol. The molecule has 0 spiro atoms. The van der Waals surface area contributed by atoms with E-state index < -0.39 is 0 Å². The Morgan fingerprint density at radius 1 is 0.969 bits per heavy atom. The fourth-order valence-corrected chi connectivity index (χ4v) is 4.05. The van der Waals surface area contributed by atoms with Crippen LogP contribution in [0, 0.1) is 6.92 Å². The Hall–Kier alpha value is -3.31. The van der Waals surface area contributed by atoms with Gasteiger partial charge < -0.3 is 10.2 Å². The zero-order valence-corrected chi connectivity index (χ0v) is 18.8. The average molecular weight is 448 g/mol. The van der Waals surface area contributed by atoms with Gasteiger partial charge in [-0.15, -0.1) is 0 Å². The van der Waals surface area contributed by atoms with Gasteiger partial charge in [-0.1, -0.05) is 60.1 Å². The van der Waals surface area contributed by atoms with Crippen molar-refractivity contribution in [3.63, 3.8) is 0 Å². The minimum Gasteiger partial charge on any atom is -0.324 e. The lowest BCUT2D eigenvalue weighted by Crippen LogP contribution is -2.49. The molecule has 164 valence electrons. The minimum absolute atomic E-state index is 0.0615. The van der Waals surface area contributed by atoms with Gasteiger partial charge in [0.25, 0.3) is 0 Å². The first-order valence-corrected chi connectivity index (χ1v) is 11.1. The molecule has 0 unspecified atom stereocenters. The topological polar surface area (TPSA) is 52.6 Å². The summed E-state index contributed by atoms with van der Waals surface area (Å²) in [5.41, 5.74) is 4.38. The lowest BCUT2D eigenvalue weighted by molar-refractivity contribution is -0.115. The summed E-state index contributed by atoms with van der Waals surface area (Å²) in [6, 6.07) is 22.9. The molecule has 32 heavy (non-hydrogen) atoms. The van der Waals surface area contributed by atoms with Gasteiger partial charge in [-0.05, 0) is 54.3 Å². The molecule has 5 nitrogen and oxygen atoms in total. The van der Waals surface area contributed by atoms with Gasteiger partial charge in [0, 0.05) is 24.7 Å². The lowest BCUT2D eigenvalue weighted by atomic mass is 10.1. The van der Waals surface area contributed by atoms with E-state index in [-0.39, 0.29) is 18.4 Å². The fourth-order valence-electron chi connectivity index (χ4n) is 3.92. The third-order valence-corrected chi connectivity index (χ3v) is 5.77. The highest BCUT2D eigenvalue weighted by Gasteiger charge is 2.28. The normalized spacial score (nSPS) is 13.9. The van der Waals surface area contributed by atoms with Crippen LogP contribution in [0.15, 0.2) is 72.8 Å². The standard InChI is InChI=1S/C26H26ClN3O2/c1-19-8-13-24(23(16-19)28-25(31)17-20-6-3-2-4-7-20)30-15-5-14-29(26(30)32)18-21-9-11-22(27)12-10-21/h2-4,6-13,16H,5,14-15,17-18H2,1H3,(H,28,31). The van der Waals surface area contributed by atoms with E-state index in [2.05, 4.69) is 5.32 Å². The van der Waals surface area contributed by atoms with Crippen molar-refractivity contribution in [1.82, 2.24) is 4.90 Å². The molecule has 3 amide bonds. The number of carbonyl (C=O) groups is 2. The molecule has 1 saturated heterocycles. The van der Waals surface area contributed by atoms with Crippen LogP contribution in [0.2, 0.25) is 5.02 Å². The Kier molecular flexibility index (Phi) is 6.76. The molecular formula is C26H26ClN3O2. The first-order chi connectivity index (χ1) is 15.5. The summed E-state index contributed by atoms with van der Waals surface area (Å²) in [7, 11) is 0. The maximum absolute atomic E-state index is 13.3. The lowest BCUT2D eigenvalue weighted by Gasteiger charge is -2.36. The maximum Gasteiger partial charge on any atom is 0.324 e. The quantitative estimate of drug-likeness (QED) is 0.530. The van der Waals surface area contributed by atoms with Crippen molar-refractivity contribution in [2.24, 2.45) is 0 Å². The van der Waals surface area contributed by atoms with E-state index in [0.29, 0.717) is 30.3 Å². The van der Waals surface area contributed by atoms with Crippen molar-refractivity contribution in [2.75, 3.05) is 23.3 Å². The van der Waals surface area contributed by atoms with E-state index in [1.54, 1.807) is 4.90 Å². The predicted octanol–water partition coefficient (Wildman–Crippen LogP) is 5.66. The molecule has 1 fully saturated rings. The van der Waals surface area contributed by atoms with Crippen molar-refractivity contribution < 1.29 is 9.59 Å².